The summed E-state index contributed by atoms with van der Waals surface area (Å²) in [6.45, 7) is 8.16. The molecule has 98 valence electrons. The van der Waals surface area contributed by atoms with E-state index in [9.17, 15) is 0 Å². The molecule has 0 aliphatic carbocycles. The van der Waals surface area contributed by atoms with Crippen LogP contribution in [-0.4, -0.2) is 28.3 Å². The molecule has 4 nitrogen and oxygen atoms in total. The fraction of sp³-hybridized carbons (Fsp3) is 0.429. The molecule has 3 heterocycles. The van der Waals surface area contributed by atoms with Crippen molar-refractivity contribution in [3.63, 3.8) is 0 Å². The zero-order chi connectivity index (χ0) is 13.7. The molecule has 0 radical (unpaired) electrons. The molecule has 0 bridgehead atoms. The maximum atomic E-state index is 6.00. The van der Waals surface area contributed by atoms with Gasteiger partial charge in [0.15, 0.2) is 0 Å². The van der Waals surface area contributed by atoms with Crippen LogP contribution in [0.3, 0.4) is 0 Å². The first-order chi connectivity index (χ1) is 8.89. The van der Waals surface area contributed by atoms with Gasteiger partial charge < -0.3 is 9.31 Å². The van der Waals surface area contributed by atoms with Crippen molar-refractivity contribution in [1.29, 1.82) is 0 Å². The van der Waals surface area contributed by atoms with E-state index >= 15 is 0 Å². The Bertz CT molecular complexity index is 612. The average molecular weight is 256 g/mol. The van der Waals surface area contributed by atoms with E-state index < -0.39 is 7.12 Å². The molecule has 19 heavy (non-hydrogen) atoms. The van der Waals surface area contributed by atoms with Crippen LogP contribution < -0.4 is 5.59 Å². The van der Waals surface area contributed by atoms with E-state index in [1.54, 1.807) is 12.4 Å². The predicted molar refractivity (Wildman–Crippen MR) is 75.3 cm³/mol. The van der Waals surface area contributed by atoms with Crippen LogP contribution in [0.4, 0.5) is 0 Å². The summed E-state index contributed by atoms with van der Waals surface area (Å²) in [6, 6.07) is 5.83. The zero-order valence-electron chi connectivity index (χ0n) is 11.7. The van der Waals surface area contributed by atoms with Gasteiger partial charge in [-0.3, -0.25) is 9.97 Å². The number of fused-ring (bicyclic) bond motifs is 1. The van der Waals surface area contributed by atoms with E-state index in [0.717, 1.165) is 16.5 Å². The number of nitrogens with zero attached hydrogens (tertiary/aromatic N) is 2. The Morgan fingerprint density at radius 2 is 1.68 bits per heavy atom. The van der Waals surface area contributed by atoms with Crippen LogP contribution in [0.15, 0.2) is 30.6 Å². The second kappa shape index (κ2) is 4.02. The molecule has 1 aliphatic rings. The molecule has 0 amide bonds. The van der Waals surface area contributed by atoms with Gasteiger partial charge in [-0.05, 0) is 39.8 Å². The molecule has 5 heteroatoms. The Morgan fingerprint density at radius 1 is 1.00 bits per heavy atom. The summed E-state index contributed by atoms with van der Waals surface area (Å²) in [5.41, 5.74) is 1.03. The van der Waals surface area contributed by atoms with E-state index in [1.165, 1.54) is 0 Å². The molecule has 1 aliphatic heterocycles. The molecule has 0 atom stereocenters. The highest BCUT2D eigenvalue weighted by Crippen LogP contribution is 2.36. The quantitative estimate of drug-likeness (QED) is 0.731. The van der Waals surface area contributed by atoms with Gasteiger partial charge in [0, 0.05) is 17.8 Å². The summed E-state index contributed by atoms with van der Waals surface area (Å²) in [5, 5.41) is 1.02. The SMILES string of the molecule is CC1(C)OB(c2ccc3cnccc3n2)OC1(C)C. The lowest BCUT2D eigenvalue weighted by molar-refractivity contribution is 0.00578. The van der Waals surface area contributed by atoms with Crippen LogP contribution in [0, 0.1) is 0 Å². The minimum absolute atomic E-state index is 0.341. The summed E-state index contributed by atoms with van der Waals surface area (Å²) in [4.78, 5) is 8.68. The largest absolute Gasteiger partial charge is 0.514 e. The van der Waals surface area contributed by atoms with Gasteiger partial charge in [-0.15, -0.1) is 0 Å². The number of rotatable bonds is 1. The van der Waals surface area contributed by atoms with Gasteiger partial charge in [0.2, 0.25) is 0 Å². The summed E-state index contributed by atoms with van der Waals surface area (Å²) in [7, 11) is -0.414. The first-order valence-corrected chi connectivity index (χ1v) is 6.45. The van der Waals surface area contributed by atoms with Crippen molar-refractivity contribution in [1.82, 2.24) is 9.97 Å². The molecule has 0 N–H and O–H groups in total. The molecule has 3 rings (SSSR count). The lowest BCUT2D eigenvalue weighted by atomic mass is 9.84. The fourth-order valence-corrected chi connectivity index (χ4v) is 2.08. The molecule has 0 unspecified atom stereocenters. The van der Waals surface area contributed by atoms with E-state index in [0.29, 0.717) is 0 Å². The maximum Gasteiger partial charge on any atom is 0.514 e. The maximum absolute atomic E-state index is 6.00. The lowest BCUT2D eigenvalue weighted by Crippen LogP contribution is -2.41. The van der Waals surface area contributed by atoms with E-state index in [1.807, 2.05) is 45.9 Å². The third-order valence-corrected chi connectivity index (χ3v) is 4.01. The first kappa shape index (κ1) is 12.6. The molecular weight excluding hydrogens is 239 g/mol. The summed E-state index contributed by atoms with van der Waals surface area (Å²) >= 11 is 0. The van der Waals surface area contributed by atoms with Crippen LogP contribution in [0.25, 0.3) is 10.9 Å². The van der Waals surface area contributed by atoms with E-state index in [-0.39, 0.29) is 11.2 Å². The summed E-state index contributed by atoms with van der Waals surface area (Å²) in [5.74, 6) is 0. The van der Waals surface area contributed by atoms with Crippen LogP contribution in [0.5, 0.6) is 0 Å². The standard InChI is InChI=1S/C14H17BN2O2/c1-13(2)14(3,4)19-15(18-13)12-6-5-10-9-16-8-7-11(10)17-12/h5-9H,1-4H3. The Morgan fingerprint density at radius 3 is 2.37 bits per heavy atom. The Labute approximate surface area is 113 Å². The molecule has 1 fully saturated rings. The van der Waals surface area contributed by atoms with Gasteiger partial charge in [-0.1, -0.05) is 6.07 Å². The second-order valence-electron chi connectivity index (χ2n) is 5.89. The van der Waals surface area contributed by atoms with Crippen molar-refractivity contribution in [3.8, 4) is 0 Å². The highest BCUT2D eigenvalue weighted by atomic mass is 16.7. The highest BCUT2D eigenvalue weighted by Gasteiger charge is 2.52. The van der Waals surface area contributed by atoms with E-state index in [2.05, 4.69) is 9.97 Å². The van der Waals surface area contributed by atoms with Crippen LogP contribution in [0.2, 0.25) is 0 Å². The van der Waals surface area contributed by atoms with Crippen LogP contribution in [-0.2, 0) is 9.31 Å². The Hall–Kier alpha value is -1.46. The Balaban J connectivity index is 1.98. The average Bonchev–Trinajstić information content (AvgIpc) is 2.58. The minimum Gasteiger partial charge on any atom is -0.398 e. The van der Waals surface area contributed by atoms with Gasteiger partial charge in [0.25, 0.3) is 0 Å². The van der Waals surface area contributed by atoms with Crippen molar-refractivity contribution < 1.29 is 9.31 Å². The minimum atomic E-state index is -0.414. The fourth-order valence-electron chi connectivity index (χ4n) is 2.08. The monoisotopic (exact) mass is 256 g/mol. The summed E-state index contributed by atoms with van der Waals surface area (Å²) < 4.78 is 12.0. The first-order valence-electron chi connectivity index (χ1n) is 6.45. The Kier molecular flexibility index (Phi) is 2.66. The van der Waals surface area contributed by atoms with Gasteiger partial charge in [-0.2, -0.15) is 0 Å². The molecule has 2 aromatic rings. The molecule has 0 spiro atoms. The van der Waals surface area contributed by atoms with Crippen LogP contribution in [0.1, 0.15) is 27.7 Å². The van der Waals surface area contributed by atoms with Gasteiger partial charge >= 0.3 is 7.12 Å². The van der Waals surface area contributed by atoms with Crippen molar-refractivity contribution in [2.24, 2.45) is 0 Å². The van der Waals surface area contributed by atoms with Crippen LogP contribution >= 0.6 is 0 Å². The molecule has 1 saturated heterocycles. The topological polar surface area (TPSA) is 44.2 Å². The zero-order valence-corrected chi connectivity index (χ0v) is 11.7. The van der Waals surface area contributed by atoms with Crippen molar-refractivity contribution in [2.75, 3.05) is 0 Å². The number of hydrogen-bond donors (Lipinski definition) is 0. The number of pyridine rings is 2. The van der Waals surface area contributed by atoms with Gasteiger partial charge in [-0.25, -0.2) is 0 Å². The van der Waals surface area contributed by atoms with E-state index in [4.69, 9.17) is 9.31 Å². The normalized spacial score (nSPS) is 20.9. The van der Waals surface area contributed by atoms with Crippen molar-refractivity contribution >= 4 is 23.6 Å². The summed E-state index contributed by atoms with van der Waals surface area (Å²) in [6.07, 6.45) is 3.54. The third kappa shape index (κ3) is 2.03. The van der Waals surface area contributed by atoms with Crippen molar-refractivity contribution in [2.45, 2.75) is 38.9 Å². The van der Waals surface area contributed by atoms with Crippen molar-refractivity contribution in [3.05, 3.63) is 30.6 Å². The molecule has 0 aromatic carbocycles. The highest BCUT2D eigenvalue weighted by molar-refractivity contribution is 6.61. The smallest absolute Gasteiger partial charge is 0.398 e. The number of hydrogen-bond acceptors (Lipinski definition) is 4. The predicted octanol–water partition coefficient (Wildman–Crippen LogP) is 1.93. The lowest BCUT2D eigenvalue weighted by Gasteiger charge is -2.32. The van der Waals surface area contributed by atoms with Gasteiger partial charge in [0.1, 0.15) is 0 Å². The molecule has 2 aromatic heterocycles. The second-order valence-corrected chi connectivity index (χ2v) is 5.89. The third-order valence-electron chi connectivity index (χ3n) is 4.01. The number of aromatic nitrogens is 2. The molecular formula is C14H17BN2O2. The van der Waals surface area contributed by atoms with Gasteiger partial charge in [0.05, 0.1) is 22.3 Å². The molecule has 0 saturated carbocycles.